The van der Waals surface area contributed by atoms with Crippen LogP contribution >= 0.6 is 0 Å². The van der Waals surface area contributed by atoms with Gasteiger partial charge in [0.1, 0.15) is 0 Å². The predicted molar refractivity (Wildman–Crippen MR) is 75.0 cm³/mol. The first-order valence-corrected chi connectivity index (χ1v) is 6.38. The minimum Gasteiger partial charge on any atom is -0.478 e. The minimum absolute atomic E-state index is 0.0464. The van der Waals surface area contributed by atoms with E-state index >= 15 is 0 Å². The Morgan fingerprint density at radius 2 is 1.95 bits per heavy atom. The number of hydrogen-bond acceptors (Lipinski definition) is 3. The Bertz CT molecular complexity index is 445. The number of ether oxygens (including phenoxy) is 1. The van der Waals surface area contributed by atoms with Crippen molar-refractivity contribution in [1.82, 2.24) is 10.6 Å². The second kappa shape index (κ2) is 8.16. The number of benzene rings is 1. The minimum atomic E-state index is -0.943. The van der Waals surface area contributed by atoms with Gasteiger partial charge in [0.2, 0.25) is 0 Å². The zero-order valence-corrected chi connectivity index (χ0v) is 11.7. The molecular weight excluding hydrogens is 260 g/mol. The Labute approximate surface area is 118 Å². The lowest BCUT2D eigenvalue weighted by atomic mass is 10.1. The van der Waals surface area contributed by atoms with Gasteiger partial charge in [0.05, 0.1) is 18.2 Å². The molecule has 1 aromatic rings. The SMILES string of the molecule is COCC(C)NC(=O)NCCc1ccc(C(=O)O)cc1. The fourth-order valence-electron chi connectivity index (χ4n) is 1.70. The first-order chi connectivity index (χ1) is 9.52. The summed E-state index contributed by atoms with van der Waals surface area (Å²) in [5.74, 6) is -0.943. The van der Waals surface area contributed by atoms with E-state index in [1.807, 2.05) is 6.92 Å². The highest BCUT2D eigenvalue weighted by Crippen LogP contribution is 2.04. The molecule has 6 heteroatoms. The summed E-state index contributed by atoms with van der Waals surface area (Å²) in [6.45, 7) is 2.80. The number of carboxylic acid groups (broad SMARTS) is 1. The maximum absolute atomic E-state index is 11.5. The van der Waals surface area contributed by atoms with Crippen molar-refractivity contribution in [3.63, 3.8) is 0 Å². The van der Waals surface area contributed by atoms with E-state index in [0.29, 0.717) is 19.6 Å². The van der Waals surface area contributed by atoms with Crippen LogP contribution in [0.5, 0.6) is 0 Å². The van der Waals surface area contributed by atoms with Crippen molar-refractivity contribution in [1.29, 1.82) is 0 Å². The van der Waals surface area contributed by atoms with Crippen LogP contribution in [0.2, 0.25) is 0 Å². The van der Waals surface area contributed by atoms with E-state index in [2.05, 4.69) is 10.6 Å². The second-order valence-electron chi connectivity index (χ2n) is 4.51. The summed E-state index contributed by atoms with van der Waals surface area (Å²) in [6.07, 6.45) is 0.645. The maximum Gasteiger partial charge on any atom is 0.335 e. The van der Waals surface area contributed by atoms with E-state index in [1.54, 1.807) is 31.4 Å². The van der Waals surface area contributed by atoms with E-state index in [0.717, 1.165) is 5.56 Å². The highest BCUT2D eigenvalue weighted by molar-refractivity contribution is 5.87. The highest BCUT2D eigenvalue weighted by Gasteiger charge is 2.06. The molecule has 1 aromatic carbocycles. The number of carbonyl (C=O) groups excluding carboxylic acids is 1. The third-order valence-electron chi connectivity index (χ3n) is 2.69. The van der Waals surface area contributed by atoms with Crippen LogP contribution in [0.4, 0.5) is 4.79 Å². The standard InChI is InChI=1S/C14H20N2O4/c1-10(9-20-2)16-14(19)15-8-7-11-3-5-12(6-4-11)13(17)18/h3-6,10H,7-9H2,1-2H3,(H,17,18)(H2,15,16,19). The predicted octanol–water partition coefficient (Wildman–Crippen LogP) is 1.26. The smallest absolute Gasteiger partial charge is 0.335 e. The third-order valence-corrected chi connectivity index (χ3v) is 2.69. The van der Waals surface area contributed by atoms with E-state index in [9.17, 15) is 9.59 Å². The van der Waals surface area contributed by atoms with Crippen molar-refractivity contribution in [2.75, 3.05) is 20.3 Å². The Morgan fingerprint density at radius 1 is 1.30 bits per heavy atom. The molecule has 110 valence electrons. The molecule has 0 aliphatic rings. The molecular formula is C14H20N2O4. The van der Waals surface area contributed by atoms with Gasteiger partial charge in [-0.05, 0) is 31.0 Å². The fourth-order valence-corrected chi connectivity index (χ4v) is 1.70. The van der Waals surface area contributed by atoms with Crippen LogP contribution in [0.15, 0.2) is 24.3 Å². The van der Waals surface area contributed by atoms with Gasteiger partial charge >= 0.3 is 12.0 Å². The summed E-state index contributed by atoms with van der Waals surface area (Å²) in [7, 11) is 1.58. The van der Waals surface area contributed by atoms with Gasteiger partial charge in [-0.1, -0.05) is 12.1 Å². The van der Waals surface area contributed by atoms with Crippen LogP contribution < -0.4 is 10.6 Å². The molecule has 1 atom stereocenters. The van der Waals surface area contributed by atoms with Gasteiger partial charge in [-0.2, -0.15) is 0 Å². The average Bonchev–Trinajstić information content (AvgIpc) is 2.39. The third kappa shape index (κ3) is 5.71. The van der Waals surface area contributed by atoms with E-state index in [4.69, 9.17) is 9.84 Å². The number of nitrogens with one attached hydrogen (secondary N) is 2. The molecule has 0 aliphatic heterocycles. The zero-order valence-electron chi connectivity index (χ0n) is 11.7. The van der Waals surface area contributed by atoms with Crippen molar-refractivity contribution in [3.05, 3.63) is 35.4 Å². The molecule has 2 amide bonds. The number of aromatic carboxylic acids is 1. The molecule has 0 heterocycles. The molecule has 0 aromatic heterocycles. The molecule has 6 nitrogen and oxygen atoms in total. The molecule has 1 unspecified atom stereocenters. The summed E-state index contributed by atoms with van der Waals surface area (Å²) in [5.41, 5.74) is 1.23. The first-order valence-electron chi connectivity index (χ1n) is 6.38. The quantitative estimate of drug-likeness (QED) is 0.701. The van der Waals surface area contributed by atoms with Crippen LogP contribution in [0.1, 0.15) is 22.8 Å². The van der Waals surface area contributed by atoms with E-state index in [-0.39, 0.29) is 17.6 Å². The highest BCUT2D eigenvalue weighted by atomic mass is 16.5. The lowest BCUT2D eigenvalue weighted by molar-refractivity contribution is 0.0697. The Morgan fingerprint density at radius 3 is 2.50 bits per heavy atom. The fraction of sp³-hybridized carbons (Fsp3) is 0.429. The number of hydrogen-bond donors (Lipinski definition) is 3. The summed E-state index contributed by atoms with van der Waals surface area (Å²) < 4.78 is 4.92. The Hall–Kier alpha value is -2.08. The summed E-state index contributed by atoms with van der Waals surface area (Å²) in [5, 5.41) is 14.3. The Balaban J connectivity index is 2.30. The number of methoxy groups -OCH3 is 1. The first kappa shape index (κ1) is 16.0. The van der Waals surface area contributed by atoms with Gasteiger partial charge in [0.15, 0.2) is 0 Å². The topological polar surface area (TPSA) is 87.7 Å². The van der Waals surface area contributed by atoms with Crippen molar-refractivity contribution in [3.8, 4) is 0 Å². The molecule has 0 saturated heterocycles. The lowest BCUT2D eigenvalue weighted by Crippen LogP contribution is -2.43. The zero-order chi connectivity index (χ0) is 15.0. The van der Waals surface area contributed by atoms with Crippen molar-refractivity contribution >= 4 is 12.0 Å². The number of carboxylic acids is 1. The second-order valence-corrected chi connectivity index (χ2v) is 4.51. The van der Waals surface area contributed by atoms with Gasteiger partial charge < -0.3 is 20.5 Å². The molecule has 0 bridgehead atoms. The molecule has 3 N–H and O–H groups in total. The molecule has 0 aliphatic carbocycles. The molecule has 0 fully saturated rings. The van der Waals surface area contributed by atoms with E-state index < -0.39 is 5.97 Å². The van der Waals surface area contributed by atoms with Crippen LogP contribution in [0, 0.1) is 0 Å². The molecule has 0 radical (unpaired) electrons. The monoisotopic (exact) mass is 280 g/mol. The van der Waals surface area contributed by atoms with Crippen molar-refractivity contribution < 1.29 is 19.4 Å². The average molecular weight is 280 g/mol. The van der Waals surface area contributed by atoms with Gasteiger partial charge in [-0.25, -0.2) is 9.59 Å². The number of amides is 2. The molecule has 0 saturated carbocycles. The number of carbonyl (C=O) groups is 2. The molecule has 20 heavy (non-hydrogen) atoms. The van der Waals surface area contributed by atoms with Crippen LogP contribution in [-0.4, -0.2) is 43.4 Å². The number of rotatable bonds is 7. The van der Waals surface area contributed by atoms with Crippen LogP contribution in [0.3, 0.4) is 0 Å². The Kier molecular flexibility index (Phi) is 6.52. The van der Waals surface area contributed by atoms with Gasteiger partial charge in [0, 0.05) is 13.7 Å². The van der Waals surface area contributed by atoms with Crippen LogP contribution in [-0.2, 0) is 11.2 Å². The summed E-state index contributed by atoms with van der Waals surface area (Å²) in [6, 6.07) is 6.32. The molecule has 1 rings (SSSR count). The normalized spacial score (nSPS) is 11.7. The van der Waals surface area contributed by atoms with Gasteiger partial charge in [-0.15, -0.1) is 0 Å². The maximum atomic E-state index is 11.5. The largest absolute Gasteiger partial charge is 0.478 e. The lowest BCUT2D eigenvalue weighted by Gasteiger charge is -2.13. The van der Waals surface area contributed by atoms with Crippen molar-refractivity contribution in [2.24, 2.45) is 0 Å². The van der Waals surface area contributed by atoms with Gasteiger partial charge in [0.25, 0.3) is 0 Å². The van der Waals surface area contributed by atoms with E-state index in [1.165, 1.54) is 0 Å². The van der Waals surface area contributed by atoms with Crippen molar-refractivity contribution in [2.45, 2.75) is 19.4 Å². The summed E-state index contributed by atoms with van der Waals surface area (Å²) >= 11 is 0. The van der Waals surface area contributed by atoms with Gasteiger partial charge in [-0.3, -0.25) is 0 Å². The molecule has 0 spiro atoms. The van der Waals surface area contributed by atoms with Crippen LogP contribution in [0.25, 0.3) is 0 Å². The number of urea groups is 1. The summed E-state index contributed by atoms with van der Waals surface area (Å²) in [4.78, 5) is 22.2.